The van der Waals surface area contributed by atoms with E-state index in [9.17, 15) is 19.2 Å². The smallest absolute Gasteiger partial charge is 0.334 e. The molecule has 8 saturated heterocycles. The molecule has 8 aliphatic carbocycles. The van der Waals surface area contributed by atoms with E-state index >= 15 is 0 Å². The molecule has 0 radical (unpaired) electrons. The van der Waals surface area contributed by atoms with E-state index in [0.29, 0.717) is 34.8 Å². The minimum Gasteiger partial charge on any atom is -0.461 e. The van der Waals surface area contributed by atoms with Gasteiger partial charge in [0.1, 0.15) is 24.4 Å². The Balaban J connectivity index is 0.000000128. The van der Waals surface area contributed by atoms with Gasteiger partial charge in [0.05, 0.1) is 57.7 Å². The van der Waals surface area contributed by atoms with Crippen LogP contribution in [0.5, 0.6) is 0 Å². The van der Waals surface area contributed by atoms with Crippen molar-refractivity contribution in [1.82, 2.24) is 0 Å². The number of carbonyl (C=O) groups excluding carboxylic acids is 4. The van der Waals surface area contributed by atoms with Crippen LogP contribution in [0.1, 0.15) is 158 Å². The quantitative estimate of drug-likeness (QED) is 0.0747. The average Bonchev–Trinajstić information content (AvgIpc) is 4.21. The number of ether oxygens (including phenoxy) is 8. The number of carbonyl (C=O) groups is 4. The fourth-order valence-corrected chi connectivity index (χ4v) is 20.6. The number of hydrogen-bond acceptors (Lipinski definition) is 12. The Hall–Kier alpha value is -3.32. The van der Waals surface area contributed by atoms with Crippen molar-refractivity contribution in [3.8, 4) is 0 Å². The van der Waals surface area contributed by atoms with Crippen molar-refractivity contribution >= 4 is 23.9 Å². The first-order chi connectivity index (χ1) is 34.0. The summed E-state index contributed by atoms with van der Waals surface area (Å²) in [6.07, 6.45) is 14.9. The molecular formula is C60H76O12. The number of fused-ring (bicyclic) bond motifs is 20. The molecular weight excluding hydrogens is 913 g/mol. The maximum absolute atomic E-state index is 14.1. The fraction of sp³-hybridized carbons (Fsp3) is 0.800. The molecule has 12 nitrogen and oxygen atoms in total. The van der Waals surface area contributed by atoms with Gasteiger partial charge in [-0.1, -0.05) is 63.1 Å². The predicted octanol–water partition coefficient (Wildman–Crippen LogP) is 9.32. The van der Waals surface area contributed by atoms with Crippen LogP contribution < -0.4 is 0 Å². The molecule has 72 heavy (non-hydrogen) atoms. The van der Waals surface area contributed by atoms with Crippen molar-refractivity contribution < 1.29 is 57.1 Å². The van der Waals surface area contributed by atoms with Crippen LogP contribution in [0, 0.1) is 69.0 Å². The molecule has 16 aliphatic rings. The molecule has 388 valence electrons. The van der Waals surface area contributed by atoms with Gasteiger partial charge in [-0.05, 0) is 141 Å². The lowest BCUT2D eigenvalue weighted by Gasteiger charge is -2.46. The highest BCUT2D eigenvalue weighted by molar-refractivity contribution is 5.92. The Labute approximate surface area is 424 Å². The number of allylic oxidation sites excluding steroid dienone is 4. The van der Waals surface area contributed by atoms with Crippen LogP contribution in [0.2, 0.25) is 0 Å². The Morgan fingerprint density at radius 3 is 1.25 bits per heavy atom. The lowest BCUT2D eigenvalue weighted by atomic mass is 9.53. The Kier molecular flexibility index (Phi) is 8.94. The summed E-state index contributed by atoms with van der Waals surface area (Å²) in [6.45, 7) is 26.4. The van der Waals surface area contributed by atoms with Gasteiger partial charge in [0.25, 0.3) is 0 Å². The molecule has 4 saturated carbocycles. The average molecular weight is 989 g/mol. The zero-order chi connectivity index (χ0) is 50.0. The third-order valence-corrected chi connectivity index (χ3v) is 24.7. The molecule has 4 bridgehead atoms. The van der Waals surface area contributed by atoms with E-state index in [1.807, 2.05) is 0 Å². The van der Waals surface area contributed by atoms with Crippen molar-refractivity contribution in [1.29, 1.82) is 0 Å². The van der Waals surface area contributed by atoms with Gasteiger partial charge in [-0.3, -0.25) is 9.59 Å². The van der Waals surface area contributed by atoms with E-state index in [0.717, 1.165) is 103 Å². The molecule has 0 unspecified atom stereocenters. The van der Waals surface area contributed by atoms with Gasteiger partial charge >= 0.3 is 23.9 Å². The van der Waals surface area contributed by atoms with Gasteiger partial charge in [0.2, 0.25) is 0 Å². The number of epoxide rings is 4. The minimum absolute atomic E-state index is 0.00229. The SMILES string of the molecule is C=C1C(=O)O[C@H]2C[C@H](C)C3=C(C[C@H]12)[C@@]1(C)C[C@@H]3C[C@@]12C(=O)O[C@H]1C[C@@]3(C)O[C@@H]3CC[C@@]3(C)O[C@@H]3C[C@@H]12.C=C1C(=O)O[C@H]2C[C@H](C)C3=C(C[C@H]12)[C@@]1(C)C[C@@H]3C[C@@]12C(=O)O[C@H]1C[C@@]3(C)O[C@@H]3CC[C@@]3(C)O[C@@H]3C[C@@H]12. The first kappa shape index (κ1) is 46.0. The fourth-order valence-electron chi connectivity index (χ4n) is 20.6. The second-order valence-corrected chi connectivity index (χ2v) is 28.3. The lowest BCUT2D eigenvalue weighted by Crippen LogP contribution is -2.48. The summed E-state index contributed by atoms with van der Waals surface area (Å²) in [5, 5.41) is 0. The van der Waals surface area contributed by atoms with E-state index in [2.05, 4.69) is 68.5 Å². The zero-order valence-electron chi connectivity index (χ0n) is 43.9. The molecule has 0 aromatic rings. The van der Waals surface area contributed by atoms with Gasteiger partial charge in [-0.2, -0.15) is 0 Å². The summed E-state index contributed by atoms with van der Waals surface area (Å²) in [6, 6.07) is 0. The maximum Gasteiger partial charge on any atom is 0.334 e. The molecule has 12 heteroatoms. The largest absolute Gasteiger partial charge is 0.461 e. The lowest BCUT2D eigenvalue weighted by molar-refractivity contribution is -0.154. The maximum atomic E-state index is 14.1. The van der Waals surface area contributed by atoms with E-state index in [1.54, 1.807) is 11.1 Å². The summed E-state index contributed by atoms with van der Waals surface area (Å²) < 4.78 is 49.4. The molecule has 2 spiro atoms. The van der Waals surface area contributed by atoms with Crippen LogP contribution in [0.25, 0.3) is 0 Å². The number of rotatable bonds is 0. The first-order valence-electron chi connectivity index (χ1n) is 28.4. The molecule has 0 aromatic carbocycles. The van der Waals surface area contributed by atoms with Crippen molar-refractivity contribution in [3.63, 3.8) is 0 Å². The highest BCUT2D eigenvalue weighted by Gasteiger charge is 2.78. The van der Waals surface area contributed by atoms with Crippen LogP contribution in [0.15, 0.2) is 46.6 Å². The molecule has 8 aliphatic heterocycles. The van der Waals surface area contributed by atoms with Gasteiger partial charge in [-0.25, -0.2) is 9.59 Å². The first-order valence-corrected chi connectivity index (χ1v) is 28.4. The van der Waals surface area contributed by atoms with E-state index in [1.165, 1.54) is 11.1 Å². The summed E-state index contributed by atoms with van der Waals surface area (Å²) >= 11 is 0. The number of esters is 4. The molecule has 24 atom stereocenters. The Bertz CT molecular complexity index is 2490. The van der Waals surface area contributed by atoms with Crippen LogP contribution in [-0.4, -0.2) is 95.1 Å². The zero-order valence-corrected chi connectivity index (χ0v) is 43.9. The van der Waals surface area contributed by atoms with Crippen LogP contribution in [-0.2, 0) is 57.1 Å². The van der Waals surface area contributed by atoms with Crippen molar-refractivity contribution in [2.45, 2.75) is 229 Å². The van der Waals surface area contributed by atoms with E-state index in [-0.39, 0.29) is 130 Å². The highest BCUT2D eigenvalue weighted by atomic mass is 16.6. The molecule has 0 N–H and O–H groups in total. The predicted molar refractivity (Wildman–Crippen MR) is 259 cm³/mol. The molecule has 12 fully saturated rings. The minimum atomic E-state index is -0.529. The van der Waals surface area contributed by atoms with E-state index in [4.69, 9.17) is 37.9 Å². The topological polar surface area (TPSA) is 155 Å². The molecule has 0 amide bonds. The van der Waals surface area contributed by atoms with Crippen LogP contribution in [0.3, 0.4) is 0 Å². The normalized spacial score (nSPS) is 58.4. The highest BCUT2D eigenvalue weighted by Crippen LogP contribution is 2.78. The van der Waals surface area contributed by atoms with Gasteiger partial charge < -0.3 is 37.9 Å². The van der Waals surface area contributed by atoms with Crippen molar-refractivity contribution in [2.75, 3.05) is 0 Å². The van der Waals surface area contributed by atoms with E-state index < -0.39 is 10.8 Å². The number of hydrogen-bond donors (Lipinski definition) is 0. The third-order valence-electron chi connectivity index (χ3n) is 24.7. The summed E-state index contributed by atoms with van der Waals surface area (Å²) in [4.78, 5) is 53.1. The van der Waals surface area contributed by atoms with Gasteiger partial charge in [0.15, 0.2) is 0 Å². The summed E-state index contributed by atoms with van der Waals surface area (Å²) in [5.41, 5.74) is 4.95. The van der Waals surface area contributed by atoms with Gasteiger partial charge in [-0.15, -0.1) is 0 Å². The Morgan fingerprint density at radius 1 is 0.458 bits per heavy atom. The standard InChI is InChI=1S/2C30H38O6/c2*1-14-8-20-17(15(2)25(31)33-20)9-19-24(14)16-11-27(19,3)30(12-16)18-10-23-28(4,36-23)7-6-22-29(5,35-22)13-21(18)34-26(30)32/h2*14,16-18,20-23H,2,6-13H2,1,3-5H3/t2*14-,16+,17+,18-,20-,21-,22+,23+,27+,28+,29+,30+/m00/s1. The monoisotopic (exact) mass is 989 g/mol. The third kappa shape index (κ3) is 5.70. The van der Waals surface area contributed by atoms with Gasteiger partial charge in [0, 0.05) is 58.5 Å². The van der Waals surface area contributed by atoms with Crippen molar-refractivity contribution in [2.24, 2.45) is 69.0 Å². The Morgan fingerprint density at radius 2 is 0.847 bits per heavy atom. The van der Waals surface area contributed by atoms with Crippen molar-refractivity contribution in [3.05, 3.63) is 46.6 Å². The van der Waals surface area contributed by atoms with Crippen LogP contribution >= 0.6 is 0 Å². The van der Waals surface area contributed by atoms with Crippen LogP contribution in [0.4, 0.5) is 0 Å². The molecule has 8 heterocycles. The summed E-state index contributed by atoms with van der Waals surface area (Å²) in [7, 11) is 0. The molecule has 16 rings (SSSR count). The second kappa shape index (κ2) is 14.0. The second-order valence-electron chi connectivity index (χ2n) is 28.3. The molecule has 0 aromatic heterocycles. The summed E-state index contributed by atoms with van der Waals surface area (Å²) in [5.74, 6) is 1.32.